The lowest BCUT2D eigenvalue weighted by molar-refractivity contribution is -0.150. The summed E-state index contributed by atoms with van der Waals surface area (Å²) in [5.74, 6) is -0.166. The van der Waals surface area contributed by atoms with E-state index in [0.29, 0.717) is 18.7 Å². The van der Waals surface area contributed by atoms with E-state index in [2.05, 4.69) is 18.7 Å². The second-order valence-corrected chi connectivity index (χ2v) is 6.32. The summed E-state index contributed by atoms with van der Waals surface area (Å²) in [5, 5.41) is 0. The molecule has 0 spiro atoms. The maximum Gasteiger partial charge on any atom is 0.310 e. The number of piperidine rings is 1. The number of esters is 1. The minimum absolute atomic E-state index is 0.0725. The fraction of sp³-hybridized carbons (Fsp3) is 0.611. The molecule has 3 nitrogen and oxygen atoms in total. The first kappa shape index (κ1) is 16.0. The summed E-state index contributed by atoms with van der Waals surface area (Å²) < 4.78 is 5.44. The number of carbonyl (C=O) groups is 1. The standard InChI is InChI=1S/C18H27NO2/c1-14(12-19-15(2)8-7-9-16(19)3)18(20)21-13-17-10-5-4-6-11-17/h4-6,10-11,14-16H,7-9,12-13H2,1-3H3/t14?,15-,16+. The van der Waals surface area contributed by atoms with E-state index in [9.17, 15) is 4.79 Å². The maximum atomic E-state index is 12.2. The van der Waals surface area contributed by atoms with Crippen molar-refractivity contribution in [3.63, 3.8) is 0 Å². The van der Waals surface area contributed by atoms with E-state index in [0.717, 1.165) is 12.1 Å². The van der Waals surface area contributed by atoms with E-state index in [-0.39, 0.29) is 11.9 Å². The van der Waals surface area contributed by atoms with E-state index in [1.165, 1.54) is 19.3 Å². The van der Waals surface area contributed by atoms with Gasteiger partial charge in [-0.25, -0.2) is 0 Å². The van der Waals surface area contributed by atoms with Crippen molar-refractivity contribution >= 4 is 5.97 Å². The summed E-state index contributed by atoms with van der Waals surface area (Å²) in [6.07, 6.45) is 3.76. The molecule has 0 aromatic heterocycles. The lowest BCUT2D eigenvalue weighted by Gasteiger charge is -2.40. The minimum Gasteiger partial charge on any atom is -0.461 e. The van der Waals surface area contributed by atoms with Gasteiger partial charge in [-0.15, -0.1) is 0 Å². The average molecular weight is 289 g/mol. The number of carbonyl (C=O) groups excluding carboxylic acids is 1. The van der Waals surface area contributed by atoms with Crippen LogP contribution in [0, 0.1) is 5.92 Å². The van der Waals surface area contributed by atoms with Gasteiger partial charge in [0.15, 0.2) is 0 Å². The highest BCUT2D eigenvalue weighted by molar-refractivity contribution is 5.72. The second kappa shape index (κ2) is 7.60. The average Bonchev–Trinajstić information content (AvgIpc) is 2.49. The van der Waals surface area contributed by atoms with Crippen LogP contribution < -0.4 is 0 Å². The van der Waals surface area contributed by atoms with Crippen molar-refractivity contribution in [2.24, 2.45) is 5.92 Å². The molecule has 21 heavy (non-hydrogen) atoms. The van der Waals surface area contributed by atoms with Gasteiger partial charge < -0.3 is 4.74 Å². The molecule has 1 aliphatic rings. The lowest BCUT2D eigenvalue weighted by Crippen LogP contribution is -2.46. The number of benzene rings is 1. The van der Waals surface area contributed by atoms with Gasteiger partial charge in [-0.2, -0.15) is 0 Å². The molecule has 1 saturated heterocycles. The van der Waals surface area contributed by atoms with Gasteiger partial charge in [0.05, 0.1) is 5.92 Å². The van der Waals surface area contributed by atoms with Crippen molar-refractivity contribution in [1.82, 2.24) is 4.90 Å². The number of rotatable bonds is 5. The third kappa shape index (κ3) is 4.57. The predicted octanol–water partition coefficient (Wildman–Crippen LogP) is 3.63. The van der Waals surface area contributed by atoms with Crippen LogP contribution in [0.3, 0.4) is 0 Å². The van der Waals surface area contributed by atoms with Crippen LogP contribution in [-0.4, -0.2) is 29.5 Å². The fourth-order valence-electron chi connectivity index (χ4n) is 3.10. The van der Waals surface area contributed by atoms with Crippen LogP contribution in [-0.2, 0) is 16.1 Å². The van der Waals surface area contributed by atoms with Gasteiger partial charge in [-0.3, -0.25) is 9.69 Å². The molecule has 1 heterocycles. The number of hydrogen-bond donors (Lipinski definition) is 0. The molecule has 2 rings (SSSR count). The van der Waals surface area contributed by atoms with Crippen molar-refractivity contribution in [1.29, 1.82) is 0 Å². The normalized spacial score (nSPS) is 24.5. The van der Waals surface area contributed by atoms with E-state index in [4.69, 9.17) is 4.74 Å². The Balaban J connectivity index is 1.82. The topological polar surface area (TPSA) is 29.5 Å². The zero-order valence-corrected chi connectivity index (χ0v) is 13.4. The maximum absolute atomic E-state index is 12.2. The van der Waals surface area contributed by atoms with Crippen LogP contribution in [0.1, 0.15) is 45.6 Å². The third-order valence-electron chi connectivity index (χ3n) is 4.49. The summed E-state index contributed by atoms with van der Waals surface area (Å²) in [6, 6.07) is 11.0. The largest absolute Gasteiger partial charge is 0.461 e. The molecule has 3 heteroatoms. The van der Waals surface area contributed by atoms with E-state index >= 15 is 0 Å². The smallest absolute Gasteiger partial charge is 0.310 e. The number of nitrogens with zero attached hydrogens (tertiary/aromatic N) is 1. The Morgan fingerprint density at radius 2 is 1.86 bits per heavy atom. The molecule has 1 aromatic rings. The SMILES string of the molecule is CC(CN1[C@H](C)CCC[C@@H]1C)C(=O)OCc1ccccc1. The molecule has 0 aliphatic carbocycles. The van der Waals surface area contributed by atoms with Crippen LogP contribution in [0.2, 0.25) is 0 Å². The van der Waals surface area contributed by atoms with Crippen LogP contribution in [0.25, 0.3) is 0 Å². The van der Waals surface area contributed by atoms with Gasteiger partial charge >= 0.3 is 5.97 Å². The molecular formula is C18H27NO2. The lowest BCUT2D eigenvalue weighted by atomic mass is 9.96. The van der Waals surface area contributed by atoms with Crippen LogP contribution in [0.5, 0.6) is 0 Å². The molecular weight excluding hydrogens is 262 g/mol. The molecule has 0 saturated carbocycles. The number of ether oxygens (including phenoxy) is 1. The molecule has 1 aliphatic heterocycles. The minimum atomic E-state index is -0.0937. The second-order valence-electron chi connectivity index (χ2n) is 6.32. The highest BCUT2D eigenvalue weighted by Crippen LogP contribution is 2.23. The van der Waals surface area contributed by atoms with Crippen molar-refractivity contribution in [3.05, 3.63) is 35.9 Å². The number of likely N-dealkylation sites (tertiary alicyclic amines) is 1. The Hall–Kier alpha value is -1.35. The molecule has 116 valence electrons. The predicted molar refractivity (Wildman–Crippen MR) is 84.9 cm³/mol. The van der Waals surface area contributed by atoms with Gasteiger partial charge in [0.1, 0.15) is 6.61 Å². The third-order valence-corrected chi connectivity index (χ3v) is 4.49. The van der Waals surface area contributed by atoms with Gasteiger partial charge in [0.2, 0.25) is 0 Å². The van der Waals surface area contributed by atoms with Gasteiger partial charge in [-0.05, 0) is 32.3 Å². The van der Waals surface area contributed by atoms with Crippen LogP contribution in [0.4, 0.5) is 0 Å². The highest BCUT2D eigenvalue weighted by atomic mass is 16.5. The summed E-state index contributed by atoms with van der Waals surface area (Å²) in [6.45, 7) is 7.67. The Morgan fingerprint density at radius 1 is 1.24 bits per heavy atom. The highest BCUT2D eigenvalue weighted by Gasteiger charge is 2.28. The molecule has 0 radical (unpaired) electrons. The van der Waals surface area contributed by atoms with Crippen molar-refractivity contribution in [2.45, 2.75) is 58.7 Å². The van der Waals surface area contributed by atoms with E-state index < -0.39 is 0 Å². The van der Waals surface area contributed by atoms with E-state index in [1.54, 1.807) is 0 Å². The zero-order chi connectivity index (χ0) is 15.2. The van der Waals surface area contributed by atoms with Crippen molar-refractivity contribution in [3.8, 4) is 0 Å². The summed E-state index contributed by atoms with van der Waals surface area (Å²) in [7, 11) is 0. The summed E-state index contributed by atoms with van der Waals surface area (Å²) in [4.78, 5) is 14.6. The Bertz CT molecular complexity index is 436. The molecule has 0 amide bonds. The first-order chi connectivity index (χ1) is 10.1. The van der Waals surface area contributed by atoms with Crippen LogP contribution >= 0.6 is 0 Å². The monoisotopic (exact) mass is 289 g/mol. The molecule has 1 aromatic carbocycles. The molecule has 3 atom stereocenters. The molecule has 0 N–H and O–H groups in total. The van der Waals surface area contributed by atoms with Gasteiger partial charge in [-0.1, -0.05) is 43.7 Å². The Morgan fingerprint density at radius 3 is 2.48 bits per heavy atom. The van der Waals surface area contributed by atoms with Gasteiger partial charge in [0, 0.05) is 18.6 Å². The molecule has 0 bridgehead atoms. The van der Waals surface area contributed by atoms with Crippen LogP contribution in [0.15, 0.2) is 30.3 Å². The van der Waals surface area contributed by atoms with Gasteiger partial charge in [0.25, 0.3) is 0 Å². The zero-order valence-electron chi connectivity index (χ0n) is 13.4. The van der Waals surface area contributed by atoms with Crippen molar-refractivity contribution < 1.29 is 9.53 Å². The van der Waals surface area contributed by atoms with Crippen molar-refractivity contribution in [2.75, 3.05) is 6.54 Å². The molecule has 1 fully saturated rings. The first-order valence-electron chi connectivity index (χ1n) is 8.04. The Kier molecular flexibility index (Phi) is 5.80. The van der Waals surface area contributed by atoms with E-state index in [1.807, 2.05) is 37.3 Å². The first-order valence-corrected chi connectivity index (χ1v) is 8.04. The number of hydrogen-bond acceptors (Lipinski definition) is 3. The molecule has 1 unspecified atom stereocenters. The fourth-order valence-corrected chi connectivity index (χ4v) is 3.10. The Labute approximate surface area is 128 Å². The summed E-state index contributed by atoms with van der Waals surface area (Å²) >= 11 is 0. The summed E-state index contributed by atoms with van der Waals surface area (Å²) in [5.41, 5.74) is 1.04. The quantitative estimate of drug-likeness (QED) is 0.775.